The minimum atomic E-state index is 0.599. The molecule has 0 amide bonds. The van der Waals surface area contributed by atoms with Crippen LogP contribution in [0.2, 0.25) is 5.02 Å². The van der Waals surface area contributed by atoms with Gasteiger partial charge < -0.3 is 9.30 Å². The van der Waals surface area contributed by atoms with Crippen LogP contribution in [0.5, 0.6) is 0 Å². The van der Waals surface area contributed by atoms with Gasteiger partial charge in [0.25, 0.3) is 0 Å². The molecule has 3 heterocycles. The minimum Gasteiger partial charge on any atom is -0.381 e. The van der Waals surface area contributed by atoms with Crippen LogP contribution in [-0.4, -0.2) is 22.8 Å². The van der Waals surface area contributed by atoms with Crippen molar-refractivity contribution < 1.29 is 4.74 Å². The van der Waals surface area contributed by atoms with E-state index in [1.165, 1.54) is 22.0 Å². The Bertz CT molecular complexity index is 788. The van der Waals surface area contributed by atoms with Crippen LogP contribution in [0.1, 0.15) is 6.42 Å². The third-order valence-electron chi connectivity index (χ3n) is 4.32. The van der Waals surface area contributed by atoms with Crippen molar-refractivity contribution >= 4 is 22.5 Å². The first-order valence-corrected chi connectivity index (χ1v) is 7.95. The molecular weight excluding hydrogens is 296 g/mol. The molecule has 2 aromatic heterocycles. The smallest absolute Gasteiger partial charge is 0.0517 e. The SMILES string of the molecule is Clc1ccc(-c2cn(CC3CCOC3)c3ccncc23)cc1. The van der Waals surface area contributed by atoms with Gasteiger partial charge in [-0.05, 0) is 30.2 Å². The highest BCUT2D eigenvalue weighted by molar-refractivity contribution is 6.30. The fraction of sp³-hybridized carbons (Fsp3) is 0.278. The molecule has 4 heteroatoms. The summed E-state index contributed by atoms with van der Waals surface area (Å²) in [5.74, 6) is 0.599. The summed E-state index contributed by atoms with van der Waals surface area (Å²) in [6.45, 7) is 2.74. The van der Waals surface area contributed by atoms with Gasteiger partial charge in [0.15, 0.2) is 0 Å². The molecule has 0 bridgehead atoms. The molecule has 1 aliphatic heterocycles. The molecule has 0 radical (unpaired) electrons. The molecule has 0 N–H and O–H groups in total. The number of rotatable bonds is 3. The van der Waals surface area contributed by atoms with Crippen molar-refractivity contribution in [3.63, 3.8) is 0 Å². The van der Waals surface area contributed by atoms with E-state index < -0.39 is 0 Å². The number of pyridine rings is 1. The standard InChI is InChI=1S/C18H17ClN2O/c19-15-3-1-14(2-4-15)17-11-21(10-13-6-8-22-12-13)18-5-7-20-9-16(17)18/h1-5,7,9,11,13H,6,8,10,12H2. The first-order chi connectivity index (χ1) is 10.8. The van der Waals surface area contributed by atoms with Gasteiger partial charge in [0, 0.05) is 53.6 Å². The number of halogens is 1. The normalized spacial score (nSPS) is 18.1. The molecule has 1 saturated heterocycles. The Kier molecular flexibility index (Phi) is 3.60. The Morgan fingerprint density at radius 2 is 2.09 bits per heavy atom. The monoisotopic (exact) mass is 312 g/mol. The zero-order chi connectivity index (χ0) is 14.9. The van der Waals surface area contributed by atoms with Crippen LogP contribution >= 0.6 is 11.6 Å². The maximum atomic E-state index is 6.00. The van der Waals surface area contributed by atoms with E-state index in [1.54, 1.807) is 0 Å². The number of hydrogen-bond acceptors (Lipinski definition) is 2. The summed E-state index contributed by atoms with van der Waals surface area (Å²) in [6, 6.07) is 10.1. The van der Waals surface area contributed by atoms with E-state index in [0.717, 1.165) is 31.2 Å². The van der Waals surface area contributed by atoms with Gasteiger partial charge in [0.2, 0.25) is 0 Å². The van der Waals surface area contributed by atoms with Crippen molar-refractivity contribution in [2.75, 3.05) is 13.2 Å². The van der Waals surface area contributed by atoms with E-state index >= 15 is 0 Å². The maximum Gasteiger partial charge on any atom is 0.0517 e. The zero-order valence-corrected chi connectivity index (χ0v) is 13.0. The molecule has 1 atom stereocenters. The number of ether oxygens (including phenoxy) is 1. The quantitative estimate of drug-likeness (QED) is 0.717. The summed E-state index contributed by atoms with van der Waals surface area (Å²) < 4.78 is 7.84. The van der Waals surface area contributed by atoms with E-state index in [9.17, 15) is 0 Å². The summed E-state index contributed by atoms with van der Waals surface area (Å²) in [6.07, 6.45) is 7.17. The summed E-state index contributed by atoms with van der Waals surface area (Å²) in [5.41, 5.74) is 3.61. The predicted octanol–water partition coefficient (Wildman–Crippen LogP) is 4.39. The average molecular weight is 313 g/mol. The second-order valence-electron chi connectivity index (χ2n) is 5.82. The number of hydrogen-bond donors (Lipinski definition) is 0. The van der Waals surface area contributed by atoms with Gasteiger partial charge in [-0.15, -0.1) is 0 Å². The first-order valence-electron chi connectivity index (χ1n) is 7.58. The molecule has 3 aromatic rings. The summed E-state index contributed by atoms with van der Waals surface area (Å²) in [7, 11) is 0. The van der Waals surface area contributed by atoms with Crippen LogP contribution in [0.3, 0.4) is 0 Å². The van der Waals surface area contributed by atoms with Crippen LogP contribution < -0.4 is 0 Å². The van der Waals surface area contributed by atoms with Crippen LogP contribution in [0.4, 0.5) is 0 Å². The van der Waals surface area contributed by atoms with Crippen LogP contribution in [-0.2, 0) is 11.3 Å². The average Bonchev–Trinajstić information content (AvgIpc) is 3.17. The fourth-order valence-electron chi connectivity index (χ4n) is 3.16. The van der Waals surface area contributed by atoms with E-state index in [-0.39, 0.29) is 0 Å². The molecular formula is C18H17ClN2O. The summed E-state index contributed by atoms with van der Waals surface area (Å²) in [5, 5.41) is 1.94. The molecule has 1 fully saturated rings. The number of nitrogens with zero attached hydrogens (tertiary/aromatic N) is 2. The van der Waals surface area contributed by atoms with Crippen LogP contribution in [0, 0.1) is 5.92 Å². The molecule has 3 nitrogen and oxygen atoms in total. The number of fused-ring (bicyclic) bond motifs is 1. The molecule has 22 heavy (non-hydrogen) atoms. The van der Waals surface area contributed by atoms with Crippen molar-refractivity contribution in [3.8, 4) is 11.1 Å². The fourth-order valence-corrected chi connectivity index (χ4v) is 3.28. The molecule has 1 unspecified atom stereocenters. The van der Waals surface area contributed by atoms with Gasteiger partial charge in [0.1, 0.15) is 0 Å². The van der Waals surface area contributed by atoms with Gasteiger partial charge in [0.05, 0.1) is 12.1 Å². The second kappa shape index (κ2) is 5.75. The van der Waals surface area contributed by atoms with Crippen molar-refractivity contribution in [2.24, 2.45) is 5.92 Å². The van der Waals surface area contributed by atoms with Gasteiger partial charge in [-0.25, -0.2) is 0 Å². The highest BCUT2D eigenvalue weighted by Gasteiger charge is 2.18. The van der Waals surface area contributed by atoms with Crippen molar-refractivity contribution in [3.05, 3.63) is 53.9 Å². The van der Waals surface area contributed by atoms with Gasteiger partial charge in [-0.1, -0.05) is 23.7 Å². The van der Waals surface area contributed by atoms with Crippen molar-refractivity contribution in [1.82, 2.24) is 9.55 Å². The molecule has 112 valence electrons. The molecule has 0 saturated carbocycles. The molecule has 4 rings (SSSR count). The second-order valence-corrected chi connectivity index (χ2v) is 6.26. The zero-order valence-electron chi connectivity index (χ0n) is 12.2. The predicted molar refractivity (Wildman–Crippen MR) is 89.1 cm³/mol. The maximum absolute atomic E-state index is 6.00. The molecule has 1 aromatic carbocycles. The third-order valence-corrected chi connectivity index (χ3v) is 4.57. The topological polar surface area (TPSA) is 27.1 Å². The largest absolute Gasteiger partial charge is 0.381 e. The Hall–Kier alpha value is -1.84. The van der Waals surface area contributed by atoms with Crippen LogP contribution in [0.15, 0.2) is 48.9 Å². The number of benzene rings is 1. The Balaban J connectivity index is 1.79. The van der Waals surface area contributed by atoms with Crippen molar-refractivity contribution in [2.45, 2.75) is 13.0 Å². The van der Waals surface area contributed by atoms with E-state index in [0.29, 0.717) is 5.92 Å². The lowest BCUT2D eigenvalue weighted by Crippen LogP contribution is -2.09. The summed E-state index contributed by atoms with van der Waals surface area (Å²) >= 11 is 6.00. The lowest BCUT2D eigenvalue weighted by Gasteiger charge is -2.10. The van der Waals surface area contributed by atoms with Gasteiger partial charge in [-0.3, -0.25) is 4.98 Å². The molecule has 0 spiro atoms. The van der Waals surface area contributed by atoms with Crippen molar-refractivity contribution in [1.29, 1.82) is 0 Å². The lowest BCUT2D eigenvalue weighted by molar-refractivity contribution is 0.183. The Morgan fingerprint density at radius 3 is 2.86 bits per heavy atom. The van der Waals surface area contributed by atoms with E-state index in [1.807, 2.05) is 24.5 Å². The highest BCUT2D eigenvalue weighted by Crippen LogP contribution is 2.31. The highest BCUT2D eigenvalue weighted by atomic mass is 35.5. The Labute approximate surface area is 134 Å². The van der Waals surface area contributed by atoms with Gasteiger partial charge >= 0.3 is 0 Å². The third kappa shape index (κ3) is 2.51. The molecule has 0 aliphatic carbocycles. The lowest BCUT2D eigenvalue weighted by atomic mass is 10.1. The van der Waals surface area contributed by atoms with Gasteiger partial charge in [-0.2, -0.15) is 0 Å². The first kappa shape index (κ1) is 13.8. The summed E-state index contributed by atoms with van der Waals surface area (Å²) in [4.78, 5) is 4.30. The molecule has 1 aliphatic rings. The number of aromatic nitrogens is 2. The minimum absolute atomic E-state index is 0.599. The van der Waals surface area contributed by atoms with Crippen LogP contribution in [0.25, 0.3) is 22.0 Å². The van der Waals surface area contributed by atoms with E-state index in [2.05, 4.69) is 33.9 Å². The van der Waals surface area contributed by atoms with E-state index in [4.69, 9.17) is 16.3 Å². The Morgan fingerprint density at radius 1 is 1.23 bits per heavy atom.